The van der Waals surface area contributed by atoms with Gasteiger partial charge in [-0.1, -0.05) is 23.7 Å². The normalized spacial score (nSPS) is 13.9. The second kappa shape index (κ2) is 9.85. The van der Waals surface area contributed by atoms with Crippen LogP contribution in [-0.4, -0.2) is 39.7 Å². The highest BCUT2D eigenvalue weighted by atomic mass is 35.5. The van der Waals surface area contributed by atoms with Crippen molar-refractivity contribution in [2.45, 2.75) is 45.9 Å². The van der Waals surface area contributed by atoms with E-state index in [-0.39, 0.29) is 17.2 Å². The molecule has 0 unspecified atom stereocenters. The maximum Gasteiger partial charge on any atom is 0.254 e. The predicted molar refractivity (Wildman–Crippen MR) is 134 cm³/mol. The average molecular weight is 510 g/mol. The Kier molecular flexibility index (Phi) is 7.00. The lowest BCUT2D eigenvalue weighted by Gasteiger charge is -2.31. The Bertz CT molecular complexity index is 1460. The SMILES string of the molecule is [B][C@@](C)(NC(=O)[C@@H](C)F)c1cc(F)cc(Cl)c1COc1cccc2c(-n3ncnc3C)cc(C)nc12. The largest absolute Gasteiger partial charge is 0.487 e. The third-order valence-corrected chi connectivity index (χ3v) is 6.03. The number of alkyl halides is 1. The Morgan fingerprint density at radius 2 is 2.06 bits per heavy atom. The molecule has 0 spiro atoms. The Hall–Kier alpha value is -3.53. The van der Waals surface area contributed by atoms with Gasteiger partial charge in [0.25, 0.3) is 5.91 Å². The van der Waals surface area contributed by atoms with Gasteiger partial charge in [0.05, 0.1) is 10.7 Å². The first-order valence-corrected chi connectivity index (χ1v) is 11.5. The minimum Gasteiger partial charge on any atom is -0.487 e. The van der Waals surface area contributed by atoms with Crippen LogP contribution in [-0.2, 0) is 16.8 Å². The predicted octanol–water partition coefficient (Wildman–Crippen LogP) is 4.62. The Balaban J connectivity index is 1.74. The van der Waals surface area contributed by atoms with Crippen molar-refractivity contribution in [2.75, 3.05) is 0 Å². The molecule has 0 bridgehead atoms. The second-order valence-corrected chi connectivity index (χ2v) is 9.07. The Labute approximate surface area is 213 Å². The molecule has 0 saturated carbocycles. The summed E-state index contributed by atoms with van der Waals surface area (Å²) in [6.07, 6.45) is -0.328. The number of aryl methyl sites for hydroxylation is 2. The van der Waals surface area contributed by atoms with E-state index in [1.54, 1.807) is 10.7 Å². The quantitative estimate of drug-likeness (QED) is 0.368. The van der Waals surface area contributed by atoms with Crippen LogP contribution in [0.15, 0.2) is 42.7 Å². The first kappa shape index (κ1) is 25.6. The van der Waals surface area contributed by atoms with Gasteiger partial charge in [-0.05, 0) is 57.5 Å². The second-order valence-electron chi connectivity index (χ2n) is 8.66. The summed E-state index contributed by atoms with van der Waals surface area (Å²) in [7, 11) is 6.28. The molecule has 0 aliphatic rings. The van der Waals surface area contributed by atoms with E-state index in [0.717, 1.165) is 35.8 Å². The van der Waals surface area contributed by atoms with Crippen LogP contribution in [0.25, 0.3) is 16.6 Å². The van der Waals surface area contributed by atoms with E-state index in [0.29, 0.717) is 22.7 Å². The van der Waals surface area contributed by atoms with Gasteiger partial charge < -0.3 is 10.1 Å². The monoisotopic (exact) mass is 509 g/mol. The van der Waals surface area contributed by atoms with Gasteiger partial charge in [0, 0.05) is 22.1 Å². The first-order chi connectivity index (χ1) is 17.0. The molecule has 2 aromatic heterocycles. The minimum atomic E-state index is -1.80. The molecule has 0 fully saturated rings. The van der Waals surface area contributed by atoms with Gasteiger partial charge in [-0.3, -0.25) is 4.79 Å². The van der Waals surface area contributed by atoms with Crippen molar-refractivity contribution < 1.29 is 18.3 Å². The van der Waals surface area contributed by atoms with Gasteiger partial charge in [-0.2, -0.15) is 5.10 Å². The van der Waals surface area contributed by atoms with Crippen LogP contribution < -0.4 is 10.1 Å². The maximum atomic E-state index is 14.3. The van der Waals surface area contributed by atoms with Gasteiger partial charge in [0.1, 0.15) is 43.7 Å². The van der Waals surface area contributed by atoms with E-state index in [9.17, 15) is 13.6 Å². The Morgan fingerprint density at radius 1 is 1.31 bits per heavy atom. The van der Waals surface area contributed by atoms with Crippen LogP contribution in [0.1, 0.15) is 36.5 Å². The lowest BCUT2D eigenvalue weighted by molar-refractivity contribution is -0.126. The molecule has 0 saturated heterocycles. The number of nitrogens with one attached hydrogen (secondary N) is 1. The molecule has 2 aromatic carbocycles. The highest BCUT2D eigenvalue weighted by Crippen LogP contribution is 2.33. The summed E-state index contributed by atoms with van der Waals surface area (Å²) in [4.78, 5) is 20.8. The number of benzene rings is 2. The fourth-order valence-corrected chi connectivity index (χ4v) is 4.20. The van der Waals surface area contributed by atoms with Crippen LogP contribution in [0.2, 0.25) is 5.02 Å². The molecule has 1 N–H and O–H groups in total. The summed E-state index contributed by atoms with van der Waals surface area (Å²) in [6.45, 7) is 6.10. The van der Waals surface area contributed by atoms with Crippen LogP contribution in [0.5, 0.6) is 5.75 Å². The zero-order valence-electron chi connectivity index (χ0n) is 20.1. The minimum absolute atomic E-state index is 0.0486. The molecule has 184 valence electrons. The molecular weight excluding hydrogens is 487 g/mol. The van der Waals surface area contributed by atoms with Crippen molar-refractivity contribution in [3.05, 3.63) is 76.2 Å². The fourth-order valence-electron chi connectivity index (χ4n) is 3.94. The van der Waals surface area contributed by atoms with Crippen molar-refractivity contribution in [1.82, 2.24) is 25.1 Å². The molecule has 0 aliphatic carbocycles. The van der Waals surface area contributed by atoms with Crippen molar-refractivity contribution >= 4 is 36.3 Å². The number of fused-ring (bicyclic) bond motifs is 1. The van der Waals surface area contributed by atoms with E-state index >= 15 is 0 Å². The van der Waals surface area contributed by atoms with Gasteiger partial charge in [-0.15, -0.1) is 0 Å². The zero-order chi connectivity index (χ0) is 26.2. The summed E-state index contributed by atoms with van der Waals surface area (Å²) >= 11 is 6.36. The van der Waals surface area contributed by atoms with Crippen LogP contribution in [0, 0.1) is 19.7 Å². The molecule has 0 aliphatic heterocycles. The number of rotatable bonds is 7. The van der Waals surface area contributed by atoms with Gasteiger partial charge >= 0.3 is 0 Å². The molecule has 7 nitrogen and oxygen atoms in total. The zero-order valence-corrected chi connectivity index (χ0v) is 20.9. The average Bonchev–Trinajstić information content (AvgIpc) is 3.22. The van der Waals surface area contributed by atoms with Crippen LogP contribution >= 0.6 is 11.6 Å². The standard InChI is InChI=1S/C25H23BClF2N5O2/c1-13-8-21(34-15(3)30-12-31-34)17-6-5-7-22(23(17)32-13)36-11-18-19(9-16(29)10-20(18)27)25(4,26)33-24(35)14(2)28/h5-10,12,14H,11H2,1-4H3,(H,33,35)/t14-,25+/m1/s1. The number of carbonyl (C=O) groups is 1. The number of amides is 1. The van der Waals surface area contributed by atoms with E-state index < -0.39 is 23.3 Å². The molecular formula is C25H23BClF2N5O2. The lowest BCUT2D eigenvalue weighted by atomic mass is 9.72. The van der Waals surface area contributed by atoms with Crippen molar-refractivity contribution in [3.63, 3.8) is 0 Å². The summed E-state index contributed by atoms with van der Waals surface area (Å²) < 4.78 is 35.6. The summed E-state index contributed by atoms with van der Waals surface area (Å²) in [6, 6.07) is 9.62. The number of pyridine rings is 1. The topological polar surface area (TPSA) is 81.9 Å². The summed E-state index contributed by atoms with van der Waals surface area (Å²) in [5.74, 6) is -0.435. The summed E-state index contributed by atoms with van der Waals surface area (Å²) in [5, 5.41) is 7.52. The molecule has 4 aromatic rings. The molecule has 2 atom stereocenters. The molecule has 2 radical (unpaired) electrons. The smallest absolute Gasteiger partial charge is 0.254 e. The highest BCUT2D eigenvalue weighted by molar-refractivity contribution is 6.31. The number of halogens is 3. The molecule has 2 heterocycles. The number of carbonyl (C=O) groups excluding carboxylic acids is 1. The lowest BCUT2D eigenvalue weighted by Crippen LogP contribution is -2.47. The highest BCUT2D eigenvalue weighted by Gasteiger charge is 2.29. The maximum absolute atomic E-state index is 14.3. The number of nitrogens with zero attached hydrogens (tertiary/aromatic N) is 4. The number of hydrogen-bond acceptors (Lipinski definition) is 5. The Morgan fingerprint density at radius 3 is 2.72 bits per heavy atom. The number of aromatic nitrogens is 4. The van der Waals surface area contributed by atoms with Crippen molar-refractivity contribution in [3.8, 4) is 11.4 Å². The van der Waals surface area contributed by atoms with Crippen LogP contribution in [0.3, 0.4) is 0 Å². The van der Waals surface area contributed by atoms with Gasteiger partial charge in [-0.25, -0.2) is 23.4 Å². The van der Waals surface area contributed by atoms with E-state index in [1.807, 2.05) is 32.0 Å². The van der Waals surface area contributed by atoms with Crippen molar-refractivity contribution in [1.29, 1.82) is 0 Å². The van der Waals surface area contributed by atoms with Gasteiger partial charge in [0.15, 0.2) is 6.17 Å². The molecule has 36 heavy (non-hydrogen) atoms. The summed E-state index contributed by atoms with van der Waals surface area (Å²) in [5.41, 5.74) is 0.985. The van der Waals surface area contributed by atoms with Gasteiger partial charge in [0.2, 0.25) is 0 Å². The molecule has 1 amide bonds. The molecule has 11 heteroatoms. The van der Waals surface area contributed by atoms with Crippen molar-refractivity contribution in [2.24, 2.45) is 0 Å². The molecule has 4 rings (SSSR count). The van der Waals surface area contributed by atoms with E-state index in [4.69, 9.17) is 24.2 Å². The van der Waals surface area contributed by atoms with E-state index in [2.05, 4.69) is 20.4 Å². The first-order valence-electron chi connectivity index (χ1n) is 11.1. The third kappa shape index (κ3) is 5.04. The number of ether oxygens (including phenoxy) is 1. The third-order valence-electron chi connectivity index (χ3n) is 5.69. The number of hydrogen-bond donors (Lipinski definition) is 1. The number of para-hydroxylation sites is 1. The van der Waals surface area contributed by atoms with Crippen LogP contribution in [0.4, 0.5) is 8.78 Å². The fraction of sp³-hybridized carbons (Fsp3) is 0.280. The van der Waals surface area contributed by atoms with E-state index in [1.165, 1.54) is 13.3 Å².